The van der Waals surface area contributed by atoms with E-state index in [1.165, 1.54) is 12.8 Å². The highest BCUT2D eigenvalue weighted by molar-refractivity contribution is 5.67. The molecule has 1 aromatic rings. The number of carboxylic acids is 1. The molecule has 0 amide bonds. The van der Waals surface area contributed by atoms with Gasteiger partial charge >= 0.3 is 5.97 Å². The highest BCUT2D eigenvalue weighted by Gasteiger charge is 2.40. The van der Waals surface area contributed by atoms with Crippen molar-refractivity contribution in [3.05, 3.63) is 18.2 Å². The van der Waals surface area contributed by atoms with Gasteiger partial charge in [-0.1, -0.05) is 0 Å². The van der Waals surface area contributed by atoms with E-state index in [9.17, 15) is 4.79 Å². The Labute approximate surface area is 119 Å². The van der Waals surface area contributed by atoms with Crippen molar-refractivity contribution in [3.8, 4) is 0 Å². The highest BCUT2D eigenvalue weighted by atomic mass is 16.4. The van der Waals surface area contributed by atoms with Crippen LogP contribution in [0.5, 0.6) is 0 Å². The lowest BCUT2D eigenvalue weighted by atomic mass is 9.88. The van der Waals surface area contributed by atoms with Gasteiger partial charge in [-0.2, -0.15) is 0 Å². The number of piperidine rings is 1. The Balaban J connectivity index is 1.57. The number of carbonyl (C=O) groups is 1. The fourth-order valence-corrected chi connectivity index (χ4v) is 4.03. The molecule has 2 unspecified atom stereocenters. The van der Waals surface area contributed by atoms with Crippen LogP contribution in [0.2, 0.25) is 0 Å². The number of fused-ring (bicyclic) bond motifs is 2. The Morgan fingerprint density at radius 2 is 2.05 bits per heavy atom. The third kappa shape index (κ3) is 2.73. The molecular weight excluding hydrogens is 254 g/mol. The minimum Gasteiger partial charge on any atom is -0.481 e. The standard InChI is InChI=1S/C15H23N3O2/c1-11-16-4-5-17(11)6-7-18-13-2-3-14(18)9-12(8-13)10-15(19)20/h4-5,12-14H,2-3,6-10H2,1H3,(H,19,20). The maximum Gasteiger partial charge on any atom is 0.303 e. The van der Waals surface area contributed by atoms with Crippen LogP contribution >= 0.6 is 0 Å². The van der Waals surface area contributed by atoms with Crippen LogP contribution in [0, 0.1) is 12.8 Å². The van der Waals surface area contributed by atoms with E-state index in [0.717, 1.165) is 31.8 Å². The van der Waals surface area contributed by atoms with Gasteiger partial charge in [-0.15, -0.1) is 0 Å². The molecule has 1 N–H and O–H groups in total. The molecule has 3 heterocycles. The molecule has 2 bridgehead atoms. The van der Waals surface area contributed by atoms with Crippen LogP contribution in [0.4, 0.5) is 0 Å². The molecule has 0 saturated carbocycles. The van der Waals surface area contributed by atoms with Crippen LogP contribution in [0.15, 0.2) is 12.4 Å². The average molecular weight is 277 g/mol. The summed E-state index contributed by atoms with van der Waals surface area (Å²) in [6.45, 7) is 4.09. The molecule has 2 fully saturated rings. The van der Waals surface area contributed by atoms with Crippen molar-refractivity contribution in [2.24, 2.45) is 5.92 Å². The second kappa shape index (κ2) is 5.56. The van der Waals surface area contributed by atoms with E-state index < -0.39 is 5.97 Å². The molecule has 0 spiro atoms. The highest BCUT2D eigenvalue weighted by Crippen LogP contribution is 2.39. The van der Waals surface area contributed by atoms with Gasteiger partial charge in [0.2, 0.25) is 0 Å². The lowest BCUT2D eigenvalue weighted by Crippen LogP contribution is -2.44. The van der Waals surface area contributed by atoms with Crippen LogP contribution in [0.3, 0.4) is 0 Å². The predicted octanol–water partition coefficient (Wildman–Crippen LogP) is 1.91. The lowest BCUT2D eigenvalue weighted by molar-refractivity contribution is -0.138. The first kappa shape index (κ1) is 13.6. The van der Waals surface area contributed by atoms with Crippen molar-refractivity contribution in [2.45, 2.75) is 57.7 Å². The Morgan fingerprint density at radius 3 is 2.60 bits per heavy atom. The van der Waals surface area contributed by atoms with Crippen LogP contribution in [0.25, 0.3) is 0 Å². The minimum atomic E-state index is -0.642. The molecule has 2 aliphatic rings. The lowest BCUT2D eigenvalue weighted by Gasteiger charge is -2.38. The summed E-state index contributed by atoms with van der Waals surface area (Å²) in [7, 11) is 0. The first-order valence-electron chi connectivity index (χ1n) is 7.58. The molecule has 20 heavy (non-hydrogen) atoms. The van der Waals surface area contributed by atoms with Gasteiger partial charge in [-0.25, -0.2) is 4.98 Å². The number of aliphatic carboxylic acids is 1. The first-order chi connectivity index (χ1) is 9.63. The van der Waals surface area contributed by atoms with Gasteiger partial charge < -0.3 is 9.67 Å². The third-order valence-corrected chi connectivity index (χ3v) is 4.97. The summed E-state index contributed by atoms with van der Waals surface area (Å²) in [5.41, 5.74) is 0. The number of imidazole rings is 1. The van der Waals surface area contributed by atoms with Crippen molar-refractivity contribution >= 4 is 5.97 Å². The van der Waals surface area contributed by atoms with Gasteiger partial charge in [0.25, 0.3) is 0 Å². The number of rotatable bonds is 5. The SMILES string of the molecule is Cc1nccn1CCN1C2CCC1CC(CC(=O)O)C2. The Kier molecular flexibility index (Phi) is 3.78. The second-order valence-electron chi connectivity index (χ2n) is 6.23. The van der Waals surface area contributed by atoms with Gasteiger partial charge in [0.05, 0.1) is 0 Å². The number of aromatic nitrogens is 2. The van der Waals surface area contributed by atoms with E-state index in [1.807, 2.05) is 19.3 Å². The molecule has 2 atom stereocenters. The van der Waals surface area contributed by atoms with Gasteiger partial charge in [-0.05, 0) is 38.5 Å². The minimum absolute atomic E-state index is 0.349. The largest absolute Gasteiger partial charge is 0.481 e. The first-order valence-corrected chi connectivity index (χ1v) is 7.58. The molecule has 5 heteroatoms. The quantitative estimate of drug-likeness (QED) is 0.893. The van der Waals surface area contributed by atoms with Crippen molar-refractivity contribution < 1.29 is 9.90 Å². The maximum absolute atomic E-state index is 10.9. The van der Waals surface area contributed by atoms with Crippen LogP contribution in [-0.4, -0.2) is 44.2 Å². The van der Waals surface area contributed by atoms with E-state index in [2.05, 4.69) is 14.5 Å². The molecule has 2 aliphatic heterocycles. The molecule has 0 aromatic carbocycles. The molecule has 3 rings (SSSR count). The Bertz CT molecular complexity index is 471. The second-order valence-corrected chi connectivity index (χ2v) is 6.23. The topological polar surface area (TPSA) is 58.4 Å². The summed E-state index contributed by atoms with van der Waals surface area (Å²) >= 11 is 0. The molecular formula is C15H23N3O2. The van der Waals surface area contributed by atoms with Crippen LogP contribution < -0.4 is 0 Å². The number of carboxylic acid groups (broad SMARTS) is 1. The molecule has 1 aromatic heterocycles. The Morgan fingerprint density at radius 1 is 1.35 bits per heavy atom. The fourth-order valence-electron chi connectivity index (χ4n) is 4.03. The summed E-state index contributed by atoms with van der Waals surface area (Å²) in [5, 5.41) is 8.96. The molecule has 2 saturated heterocycles. The van der Waals surface area contributed by atoms with Gasteiger partial charge in [-0.3, -0.25) is 9.69 Å². The van der Waals surface area contributed by atoms with Gasteiger partial charge in [0.15, 0.2) is 0 Å². The number of nitrogens with zero attached hydrogens (tertiary/aromatic N) is 3. The number of aryl methyl sites for hydroxylation is 1. The summed E-state index contributed by atoms with van der Waals surface area (Å²) in [4.78, 5) is 17.7. The van der Waals surface area contributed by atoms with E-state index in [0.29, 0.717) is 24.4 Å². The molecule has 110 valence electrons. The van der Waals surface area contributed by atoms with Crippen molar-refractivity contribution in [1.29, 1.82) is 0 Å². The van der Waals surface area contributed by atoms with Crippen LogP contribution in [-0.2, 0) is 11.3 Å². The fraction of sp³-hybridized carbons (Fsp3) is 0.733. The van der Waals surface area contributed by atoms with Crippen molar-refractivity contribution in [3.63, 3.8) is 0 Å². The van der Waals surface area contributed by atoms with Gasteiger partial charge in [0.1, 0.15) is 5.82 Å². The predicted molar refractivity (Wildman–Crippen MR) is 75.5 cm³/mol. The maximum atomic E-state index is 10.9. The smallest absolute Gasteiger partial charge is 0.303 e. The molecule has 5 nitrogen and oxygen atoms in total. The van der Waals surface area contributed by atoms with E-state index in [1.54, 1.807) is 0 Å². The number of hydrogen-bond acceptors (Lipinski definition) is 3. The molecule has 0 aliphatic carbocycles. The summed E-state index contributed by atoms with van der Waals surface area (Å²) in [6.07, 6.45) is 8.84. The van der Waals surface area contributed by atoms with E-state index in [-0.39, 0.29) is 0 Å². The summed E-state index contributed by atoms with van der Waals surface area (Å²) < 4.78 is 2.20. The summed E-state index contributed by atoms with van der Waals surface area (Å²) in [6, 6.07) is 1.20. The van der Waals surface area contributed by atoms with Crippen molar-refractivity contribution in [2.75, 3.05) is 6.54 Å². The summed E-state index contributed by atoms with van der Waals surface area (Å²) in [5.74, 6) is 0.811. The van der Waals surface area contributed by atoms with E-state index >= 15 is 0 Å². The van der Waals surface area contributed by atoms with Crippen molar-refractivity contribution in [1.82, 2.24) is 14.5 Å². The van der Waals surface area contributed by atoms with E-state index in [4.69, 9.17) is 5.11 Å². The number of hydrogen-bond donors (Lipinski definition) is 1. The molecule has 0 radical (unpaired) electrons. The zero-order valence-electron chi connectivity index (χ0n) is 12.0. The Hall–Kier alpha value is -1.36. The average Bonchev–Trinajstić information content (AvgIpc) is 2.88. The zero-order valence-corrected chi connectivity index (χ0v) is 12.0. The monoisotopic (exact) mass is 277 g/mol. The normalized spacial score (nSPS) is 29.8. The zero-order chi connectivity index (χ0) is 14.1. The van der Waals surface area contributed by atoms with Gasteiger partial charge in [0, 0.05) is 44.0 Å². The third-order valence-electron chi connectivity index (χ3n) is 4.97. The van der Waals surface area contributed by atoms with Crippen LogP contribution in [0.1, 0.15) is 37.9 Å².